The standard InChI is InChI=1S/C32H30O4/c1-35-26-17-13-24(14-18-26)31(33)30-29(23-11-7-4-8-12-23)28(22-9-5-3-6-10-22)21-32(30,34)25-15-19-27(36-2)20-16-25/h3-20,28-30,34H,21H2,1-2H3/t28-,29-,30-,32-/m1/s1. The molecule has 4 atom stereocenters. The van der Waals surface area contributed by atoms with Gasteiger partial charge in [0.05, 0.1) is 20.1 Å². The molecule has 0 bridgehead atoms. The second kappa shape index (κ2) is 10.00. The Balaban J connectivity index is 1.69. The van der Waals surface area contributed by atoms with Crippen molar-refractivity contribution in [1.29, 1.82) is 0 Å². The van der Waals surface area contributed by atoms with E-state index in [-0.39, 0.29) is 17.6 Å². The Kier molecular flexibility index (Phi) is 6.62. The summed E-state index contributed by atoms with van der Waals surface area (Å²) >= 11 is 0. The highest BCUT2D eigenvalue weighted by molar-refractivity contribution is 6.00. The summed E-state index contributed by atoms with van der Waals surface area (Å²) in [5, 5.41) is 12.5. The van der Waals surface area contributed by atoms with Crippen molar-refractivity contribution in [1.82, 2.24) is 0 Å². The lowest BCUT2D eigenvalue weighted by Crippen LogP contribution is -2.38. The van der Waals surface area contributed by atoms with Gasteiger partial charge < -0.3 is 14.6 Å². The van der Waals surface area contributed by atoms with E-state index in [9.17, 15) is 9.90 Å². The van der Waals surface area contributed by atoms with Gasteiger partial charge in [0.25, 0.3) is 0 Å². The minimum atomic E-state index is -1.37. The minimum Gasteiger partial charge on any atom is -0.497 e. The largest absolute Gasteiger partial charge is 0.497 e. The molecule has 0 unspecified atom stereocenters. The summed E-state index contributed by atoms with van der Waals surface area (Å²) in [6, 6.07) is 34.9. The van der Waals surface area contributed by atoms with Crippen LogP contribution >= 0.6 is 0 Å². The molecular weight excluding hydrogens is 448 g/mol. The van der Waals surface area contributed by atoms with Gasteiger partial charge in [-0.2, -0.15) is 0 Å². The number of hydrogen-bond acceptors (Lipinski definition) is 4. The van der Waals surface area contributed by atoms with Crippen LogP contribution in [0.25, 0.3) is 0 Å². The van der Waals surface area contributed by atoms with E-state index in [4.69, 9.17) is 9.47 Å². The van der Waals surface area contributed by atoms with Crippen molar-refractivity contribution in [3.05, 3.63) is 131 Å². The SMILES string of the molecule is COc1ccc(C(=O)[C@H]2[C@H](c3ccccc3)[C@@H](c3ccccc3)C[C@@]2(O)c2ccc(OC)cc2)cc1. The van der Waals surface area contributed by atoms with E-state index >= 15 is 0 Å². The van der Waals surface area contributed by atoms with Crippen LogP contribution < -0.4 is 9.47 Å². The molecule has 0 aromatic heterocycles. The first kappa shape index (κ1) is 23.8. The lowest BCUT2D eigenvalue weighted by molar-refractivity contribution is -0.000278. The van der Waals surface area contributed by atoms with Crippen LogP contribution in [0, 0.1) is 5.92 Å². The highest BCUT2D eigenvalue weighted by Gasteiger charge is 2.57. The zero-order chi connectivity index (χ0) is 25.1. The van der Waals surface area contributed by atoms with Gasteiger partial charge in [-0.25, -0.2) is 0 Å². The first-order valence-electron chi connectivity index (χ1n) is 12.2. The average molecular weight is 479 g/mol. The van der Waals surface area contributed by atoms with Crippen molar-refractivity contribution in [3.8, 4) is 11.5 Å². The molecule has 0 spiro atoms. The fourth-order valence-electron chi connectivity index (χ4n) is 5.74. The number of carbonyl (C=O) groups excluding carboxylic acids is 1. The number of hydrogen-bond donors (Lipinski definition) is 1. The topological polar surface area (TPSA) is 55.8 Å². The minimum absolute atomic E-state index is 0.0482. The molecule has 4 nitrogen and oxygen atoms in total. The molecule has 1 aliphatic rings. The number of ether oxygens (including phenoxy) is 2. The molecule has 4 aromatic carbocycles. The number of rotatable bonds is 7. The average Bonchev–Trinajstić information content (AvgIpc) is 3.28. The fraction of sp³-hybridized carbons (Fsp3) is 0.219. The van der Waals surface area contributed by atoms with Crippen LogP contribution in [0.4, 0.5) is 0 Å². The molecule has 0 heterocycles. The van der Waals surface area contributed by atoms with Gasteiger partial charge in [-0.1, -0.05) is 72.8 Å². The van der Waals surface area contributed by atoms with E-state index in [2.05, 4.69) is 24.3 Å². The van der Waals surface area contributed by atoms with E-state index in [1.165, 1.54) is 0 Å². The van der Waals surface area contributed by atoms with Crippen molar-refractivity contribution in [3.63, 3.8) is 0 Å². The molecule has 36 heavy (non-hydrogen) atoms. The first-order chi connectivity index (χ1) is 17.5. The van der Waals surface area contributed by atoms with E-state index in [1.807, 2.05) is 60.7 Å². The Bertz CT molecular complexity index is 1300. The van der Waals surface area contributed by atoms with Crippen LogP contribution in [0.2, 0.25) is 0 Å². The maximum Gasteiger partial charge on any atom is 0.169 e. The van der Waals surface area contributed by atoms with Gasteiger partial charge in [0.2, 0.25) is 0 Å². The van der Waals surface area contributed by atoms with E-state index in [1.54, 1.807) is 38.5 Å². The predicted molar refractivity (Wildman–Crippen MR) is 141 cm³/mol. The van der Waals surface area contributed by atoms with Gasteiger partial charge in [-0.3, -0.25) is 4.79 Å². The van der Waals surface area contributed by atoms with Gasteiger partial charge in [-0.15, -0.1) is 0 Å². The summed E-state index contributed by atoms with van der Waals surface area (Å²) < 4.78 is 10.6. The third kappa shape index (κ3) is 4.29. The Morgan fingerprint density at radius 2 is 1.22 bits per heavy atom. The third-order valence-corrected chi connectivity index (χ3v) is 7.50. The van der Waals surface area contributed by atoms with E-state index in [0.29, 0.717) is 23.5 Å². The van der Waals surface area contributed by atoms with Crippen molar-refractivity contribution >= 4 is 5.78 Å². The van der Waals surface area contributed by atoms with Crippen molar-refractivity contribution in [2.45, 2.75) is 23.9 Å². The van der Waals surface area contributed by atoms with Gasteiger partial charge in [0.15, 0.2) is 5.78 Å². The van der Waals surface area contributed by atoms with Gasteiger partial charge in [0, 0.05) is 11.5 Å². The molecule has 1 saturated carbocycles. The molecular formula is C32H30O4. The molecule has 0 radical (unpaired) electrons. The third-order valence-electron chi connectivity index (χ3n) is 7.50. The number of ketones is 1. The van der Waals surface area contributed by atoms with E-state index < -0.39 is 11.5 Å². The summed E-state index contributed by atoms with van der Waals surface area (Å²) in [5.74, 6) is 0.362. The molecule has 182 valence electrons. The summed E-state index contributed by atoms with van der Waals surface area (Å²) in [4.78, 5) is 14.3. The Morgan fingerprint density at radius 3 is 1.75 bits per heavy atom. The zero-order valence-corrected chi connectivity index (χ0v) is 20.5. The molecule has 4 aromatic rings. The Labute approximate surface area is 212 Å². The quantitative estimate of drug-likeness (QED) is 0.314. The Hall–Kier alpha value is -3.89. The molecule has 4 heteroatoms. The second-order valence-electron chi connectivity index (χ2n) is 9.38. The van der Waals surface area contributed by atoms with Crippen molar-refractivity contribution < 1.29 is 19.4 Å². The number of benzene rings is 4. The van der Waals surface area contributed by atoms with Gasteiger partial charge in [-0.05, 0) is 65.4 Å². The monoisotopic (exact) mass is 478 g/mol. The van der Waals surface area contributed by atoms with Gasteiger partial charge >= 0.3 is 0 Å². The van der Waals surface area contributed by atoms with Crippen LogP contribution in [0.1, 0.15) is 45.3 Å². The number of carbonyl (C=O) groups is 1. The smallest absolute Gasteiger partial charge is 0.169 e. The van der Waals surface area contributed by atoms with Crippen LogP contribution in [-0.2, 0) is 5.60 Å². The summed E-state index contributed by atoms with van der Waals surface area (Å²) in [5.41, 5.74) is 2.06. The lowest BCUT2D eigenvalue weighted by Gasteiger charge is -2.33. The normalized spacial score (nSPS) is 23.2. The fourth-order valence-corrected chi connectivity index (χ4v) is 5.74. The second-order valence-corrected chi connectivity index (χ2v) is 9.38. The van der Waals surface area contributed by atoms with Crippen molar-refractivity contribution in [2.24, 2.45) is 5.92 Å². The van der Waals surface area contributed by atoms with E-state index in [0.717, 1.165) is 16.7 Å². The molecule has 1 fully saturated rings. The molecule has 5 rings (SSSR count). The summed E-state index contributed by atoms with van der Waals surface area (Å²) in [6.07, 6.45) is 0.426. The van der Waals surface area contributed by atoms with Crippen LogP contribution in [0.15, 0.2) is 109 Å². The maximum absolute atomic E-state index is 14.3. The first-order valence-corrected chi connectivity index (χ1v) is 12.2. The zero-order valence-electron chi connectivity index (χ0n) is 20.5. The molecule has 0 aliphatic heterocycles. The highest BCUT2D eigenvalue weighted by atomic mass is 16.5. The maximum atomic E-state index is 14.3. The summed E-state index contributed by atoms with van der Waals surface area (Å²) in [6.45, 7) is 0. The highest BCUT2D eigenvalue weighted by Crippen LogP contribution is 2.59. The number of Topliss-reactive ketones (excluding diaryl/α,β-unsaturated/α-hetero) is 1. The molecule has 0 amide bonds. The number of methoxy groups -OCH3 is 2. The van der Waals surface area contributed by atoms with Crippen molar-refractivity contribution in [2.75, 3.05) is 14.2 Å². The molecule has 0 saturated heterocycles. The summed E-state index contributed by atoms with van der Waals surface area (Å²) in [7, 11) is 3.22. The van der Waals surface area contributed by atoms with Crippen LogP contribution in [-0.4, -0.2) is 25.1 Å². The lowest BCUT2D eigenvalue weighted by atomic mass is 9.73. The molecule has 1 aliphatic carbocycles. The Morgan fingerprint density at radius 1 is 0.722 bits per heavy atom. The van der Waals surface area contributed by atoms with Gasteiger partial charge in [0.1, 0.15) is 17.1 Å². The predicted octanol–water partition coefficient (Wildman–Crippen LogP) is 6.36. The number of aliphatic hydroxyl groups is 1. The van der Waals surface area contributed by atoms with Crippen LogP contribution in [0.5, 0.6) is 11.5 Å². The van der Waals surface area contributed by atoms with Crippen LogP contribution in [0.3, 0.4) is 0 Å². The molecule has 1 N–H and O–H groups in total.